The molecule has 1 radical (unpaired) electrons. The fraction of sp³-hybridized carbons (Fsp3) is 0.333. The van der Waals surface area contributed by atoms with Crippen LogP contribution in [0.3, 0.4) is 0 Å². The summed E-state index contributed by atoms with van der Waals surface area (Å²) in [6.07, 6.45) is -0.675. The zero-order valence-corrected chi connectivity index (χ0v) is 6.33. The molecule has 1 aliphatic heterocycles. The molecule has 1 aromatic rings. The van der Waals surface area contributed by atoms with Crippen LogP contribution in [0.2, 0.25) is 0 Å². The number of aryl methyl sites for hydroxylation is 1. The van der Waals surface area contributed by atoms with E-state index in [1.807, 2.05) is 25.1 Å². The molecule has 2 heteroatoms. The van der Waals surface area contributed by atoms with E-state index in [1.54, 1.807) is 0 Å². The normalized spacial score (nSPS) is 21.1. The van der Waals surface area contributed by atoms with Gasteiger partial charge in [-0.1, -0.05) is 12.1 Å². The molecule has 0 fully saturated rings. The van der Waals surface area contributed by atoms with Gasteiger partial charge in [0.25, 0.3) is 0 Å². The molecule has 11 heavy (non-hydrogen) atoms. The third-order valence-electron chi connectivity index (χ3n) is 2.00. The summed E-state index contributed by atoms with van der Waals surface area (Å²) in [5.41, 5.74) is 1.88. The molecule has 0 saturated carbocycles. The molecule has 0 aromatic heterocycles. The fourth-order valence-corrected chi connectivity index (χ4v) is 1.44. The molecule has 0 aliphatic carbocycles. The van der Waals surface area contributed by atoms with E-state index in [4.69, 9.17) is 4.74 Å². The van der Waals surface area contributed by atoms with Crippen LogP contribution in [0.25, 0.3) is 0 Å². The summed E-state index contributed by atoms with van der Waals surface area (Å²) >= 11 is 0. The average Bonchev–Trinajstić information content (AvgIpc) is 2.34. The first-order valence-electron chi connectivity index (χ1n) is 3.67. The summed E-state index contributed by atoms with van der Waals surface area (Å²) in [4.78, 5) is 0. The van der Waals surface area contributed by atoms with Crippen molar-refractivity contribution < 1.29 is 9.84 Å². The topological polar surface area (TPSA) is 29.1 Å². The van der Waals surface area contributed by atoms with Crippen molar-refractivity contribution in [1.29, 1.82) is 0 Å². The molecule has 57 valence electrons. The predicted molar refractivity (Wildman–Crippen MR) is 40.1 cm³/mol. The van der Waals surface area contributed by atoms with E-state index in [0.29, 0.717) is 6.61 Å². The second kappa shape index (κ2) is 2.24. The van der Waals surface area contributed by atoms with Gasteiger partial charge in [0.15, 0.2) is 6.10 Å². The summed E-state index contributed by atoms with van der Waals surface area (Å²) in [6, 6.07) is 5.70. The Hall–Kier alpha value is -1.02. The molecule has 1 aliphatic rings. The minimum absolute atomic E-state index is 0.292. The van der Waals surface area contributed by atoms with Crippen molar-refractivity contribution in [1.82, 2.24) is 0 Å². The molecule has 1 atom stereocenters. The van der Waals surface area contributed by atoms with Gasteiger partial charge in [-0.25, -0.2) is 5.11 Å². The van der Waals surface area contributed by atoms with Gasteiger partial charge >= 0.3 is 0 Å². The molecule has 2 rings (SSSR count). The van der Waals surface area contributed by atoms with E-state index >= 15 is 0 Å². The molecule has 2 nitrogen and oxygen atoms in total. The Morgan fingerprint density at radius 2 is 2.36 bits per heavy atom. The SMILES string of the molecule is Cc1cccc2c1C([O])CO2. The van der Waals surface area contributed by atoms with Gasteiger partial charge in [-0.3, -0.25) is 0 Å². The highest BCUT2D eigenvalue weighted by Gasteiger charge is 2.24. The standard InChI is InChI=1S/C9H9O2/c1-6-3-2-4-8-9(6)7(10)5-11-8/h2-4,7H,5H2,1H3. The van der Waals surface area contributed by atoms with Crippen molar-refractivity contribution in [3.63, 3.8) is 0 Å². The number of ether oxygens (including phenoxy) is 1. The molecule has 0 amide bonds. The van der Waals surface area contributed by atoms with Crippen molar-refractivity contribution in [2.45, 2.75) is 13.0 Å². The summed E-state index contributed by atoms with van der Waals surface area (Å²) in [6.45, 7) is 2.23. The number of hydrogen-bond acceptors (Lipinski definition) is 1. The monoisotopic (exact) mass is 149 g/mol. The van der Waals surface area contributed by atoms with Gasteiger partial charge in [0.2, 0.25) is 0 Å². The Balaban J connectivity index is 2.58. The van der Waals surface area contributed by atoms with Gasteiger partial charge < -0.3 is 4.74 Å². The molecule has 1 unspecified atom stereocenters. The lowest BCUT2D eigenvalue weighted by molar-refractivity contribution is 0.0675. The van der Waals surface area contributed by atoms with E-state index < -0.39 is 6.10 Å². The summed E-state index contributed by atoms with van der Waals surface area (Å²) < 4.78 is 5.18. The Labute approximate surface area is 65.4 Å². The van der Waals surface area contributed by atoms with Gasteiger partial charge in [-0.15, -0.1) is 0 Å². The molecular weight excluding hydrogens is 140 g/mol. The molecular formula is C9H9O2. The Kier molecular flexibility index (Phi) is 1.36. The third-order valence-corrected chi connectivity index (χ3v) is 2.00. The van der Waals surface area contributed by atoms with E-state index in [2.05, 4.69) is 0 Å². The highest BCUT2D eigenvalue weighted by atomic mass is 16.5. The molecule has 0 spiro atoms. The van der Waals surface area contributed by atoms with Crippen molar-refractivity contribution in [3.05, 3.63) is 29.3 Å². The largest absolute Gasteiger partial charge is 0.490 e. The average molecular weight is 149 g/mol. The van der Waals surface area contributed by atoms with E-state index in [9.17, 15) is 5.11 Å². The Bertz CT molecular complexity index is 281. The van der Waals surface area contributed by atoms with Crippen LogP contribution in [-0.4, -0.2) is 6.61 Å². The molecule has 0 bridgehead atoms. The maximum absolute atomic E-state index is 11.2. The van der Waals surface area contributed by atoms with E-state index in [-0.39, 0.29) is 0 Å². The maximum Gasteiger partial charge on any atom is 0.156 e. The lowest BCUT2D eigenvalue weighted by atomic mass is 10.1. The first-order valence-corrected chi connectivity index (χ1v) is 3.67. The summed E-state index contributed by atoms with van der Waals surface area (Å²) in [5, 5.41) is 11.2. The number of benzene rings is 1. The molecule has 1 heterocycles. The zero-order chi connectivity index (χ0) is 7.84. The second-order valence-corrected chi connectivity index (χ2v) is 2.79. The number of fused-ring (bicyclic) bond motifs is 1. The minimum atomic E-state index is -0.675. The Morgan fingerprint density at radius 1 is 1.55 bits per heavy atom. The van der Waals surface area contributed by atoms with Gasteiger partial charge in [0.05, 0.1) is 0 Å². The lowest BCUT2D eigenvalue weighted by Gasteiger charge is -2.01. The predicted octanol–water partition coefficient (Wildman–Crippen LogP) is 1.86. The summed E-state index contributed by atoms with van der Waals surface area (Å²) in [7, 11) is 0. The van der Waals surface area contributed by atoms with Crippen LogP contribution < -0.4 is 4.74 Å². The van der Waals surface area contributed by atoms with Crippen LogP contribution in [-0.2, 0) is 5.11 Å². The third kappa shape index (κ3) is 0.906. The van der Waals surface area contributed by atoms with E-state index in [1.165, 1.54) is 0 Å². The minimum Gasteiger partial charge on any atom is -0.490 e. The van der Waals surface area contributed by atoms with Gasteiger partial charge in [-0.2, -0.15) is 0 Å². The van der Waals surface area contributed by atoms with Crippen LogP contribution in [0.4, 0.5) is 0 Å². The first kappa shape index (κ1) is 6.68. The zero-order valence-electron chi connectivity index (χ0n) is 6.33. The van der Waals surface area contributed by atoms with Gasteiger partial charge in [0.1, 0.15) is 12.4 Å². The van der Waals surface area contributed by atoms with Crippen LogP contribution in [0, 0.1) is 6.92 Å². The molecule has 0 saturated heterocycles. The van der Waals surface area contributed by atoms with Crippen molar-refractivity contribution in [2.75, 3.05) is 6.61 Å². The van der Waals surface area contributed by atoms with Crippen LogP contribution in [0.5, 0.6) is 5.75 Å². The second-order valence-electron chi connectivity index (χ2n) is 2.79. The van der Waals surface area contributed by atoms with Crippen molar-refractivity contribution in [3.8, 4) is 5.75 Å². The van der Waals surface area contributed by atoms with Gasteiger partial charge in [-0.05, 0) is 18.6 Å². The quantitative estimate of drug-likeness (QED) is 0.553. The maximum atomic E-state index is 11.2. The lowest BCUT2D eigenvalue weighted by Crippen LogP contribution is -1.96. The number of rotatable bonds is 0. The smallest absolute Gasteiger partial charge is 0.156 e. The van der Waals surface area contributed by atoms with Gasteiger partial charge in [0, 0.05) is 5.56 Å². The van der Waals surface area contributed by atoms with Crippen LogP contribution in [0.1, 0.15) is 17.2 Å². The van der Waals surface area contributed by atoms with Crippen molar-refractivity contribution in [2.24, 2.45) is 0 Å². The first-order chi connectivity index (χ1) is 5.29. The van der Waals surface area contributed by atoms with Crippen LogP contribution >= 0.6 is 0 Å². The highest BCUT2D eigenvalue weighted by molar-refractivity contribution is 5.43. The summed E-state index contributed by atoms with van der Waals surface area (Å²) in [5.74, 6) is 0.769. The fourth-order valence-electron chi connectivity index (χ4n) is 1.44. The molecule has 0 N–H and O–H groups in total. The van der Waals surface area contributed by atoms with E-state index in [0.717, 1.165) is 16.9 Å². The Morgan fingerprint density at radius 3 is 3.09 bits per heavy atom. The van der Waals surface area contributed by atoms with Crippen LogP contribution in [0.15, 0.2) is 18.2 Å². The molecule has 1 aromatic carbocycles. The number of hydrogen-bond donors (Lipinski definition) is 0. The van der Waals surface area contributed by atoms with Crippen molar-refractivity contribution >= 4 is 0 Å². The highest BCUT2D eigenvalue weighted by Crippen LogP contribution is 2.34.